The number of methoxy groups -OCH3 is 1. The van der Waals surface area contributed by atoms with Gasteiger partial charge in [-0.2, -0.15) is 5.10 Å². The van der Waals surface area contributed by atoms with Crippen molar-refractivity contribution < 1.29 is 13.2 Å². The molecule has 1 heterocycles. The van der Waals surface area contributed by atoms with E-state index in [1.165, 1.54) is 19.7 Å². The van der Waals surface area contributed by atoms with Crippen molar-refractivity contribution in [2.75, 3.05) is 26.0 Å². The van der Waals surface area contributed by atoms with Gasteiger partial charge in [0.15, 0.2) is 0 Å². The Hall–Kier alpha value is -1.12. The third-order valence-corrected chi connectivity index (χ3v) is 5.08. The van der Waals surface area contributed by atoms with Crippen LogP contribution in [0.25, 0.3) is 0 Å². The van der Waals surface area contributed by atoms with Gasteiger partial charge in [-0.15, -0.1) is 0 Å². The maximum atomic E-state index is 12.1. The number of nitrogen functional groups attached to an aromatic ring is 1. The largest absolute Gasteiger partial charge is 0.383 e. The minimum atomic E-state index is -3.62. The molecule has 114 valence electrons. The van der Waals surface area contributed by atoms with E-state index < -0.39 is 10.0 Å². The smallest absolute Gasteiger partial charge is 0.245 e. The molecule has 0 saturated heterocycles. The molecule has 1 aromatic heterocycles. The van der Waals surface area contributed by atoms with Crippen LogP contribution in [0.2, 0.25) is 0 Å². The van der Waals surface area contributed by atoms with Gasteiger partial charge in [0, 0.05) is 13.7 Å². The monoisotopic (exact) mass is 302 g/mol. The van der Waals surface area contributed by atoms with E-state index in [1.54, 1.807) is 4.68 Å². The van der Waals surface area contributed by atoms with Crippen molar-refractivity contribution >= 4 is 15.8 Å². The topological polar surface area (TPSA) is 99.2 Å². The Morgan fingerprint density at radius 3 is 2.80 bits per heavy atom. The molecule has 0 unspecified atom stereocenters. The lowest BCUT2D eigenvalue weighted by molar-refractivity contribution is 0.204. The number of anilines is 1. The number of nitrogens with one attached hydrogen (secondary N) is 1. The highest BCUT2D eigenvalue weighted by Crippen LogP contribution is 2.31. The Morgan fingerprint density at radius 1 is 1.45 bits per heavy atom. The lowest BCUT2D eigenvalue weighted by Crippen LogP contribution is -2.28. The first-order chi connectivity index (χ1) is 9.56. The van der Waals surface area contributed by atoms with Gasteiger partial charge in [0.1, 0.15) is 10.7 Å². The average molecular weight is 302 g/mol. The van der Waals surface area contributed by atoms with Gasteiger partial charge in [0.25, 0.3) is 0 Å². The zero-order valence-corrected chi connectivity index (χ0v) is 12.5. The Balaban J connectivity index is 2.15. The summed E-state index contributed by atoms with van der Waals surface area (Å²) in [5.41, 5.74) is 5.97. The normalized spacial score (nSPS) is 17.4. The molecule has 0 bridgehead atoms. The number of sulfonamides is 1. The molecule has 0 atom stereocenters. The van der Waals surface area contributed by atoms with Crippen molar-refractivity contribution in [2.45, 2.75) is 43.0 Å². The zero-order valence-electron chi connectivity index (χ0n) is 11.7. The van der Waals surface area contributed by atoms with Crippen molar-refractivity contribution in [2.24, 2.45) is 0 Å². The number of ether oxygens (including phenoxy) is 1. The average Bonchev–Trinajstić information content (AvgIpc) is 2.82. The number of nitrogens with two attached hydrogens (primary N) is 1. The van der Waals surface area contributed by atoms with E-state index >= 15 is 0 Å². The minimum Gasteiger partial charge on any atom is -0.383 e. The number of nitrogens with zero attached hydrogens (tertiary/aromatic N) is 2. The first-order valence-corrected chi connectivity index (χ1v) is 8.36. The van der Waals surface area contributed by atoms with Gasteiger partial charge in [0.2, 0.25) is 10.0 Å². The standard InChI is InChI=1S/C12H22N4O3S/c1-19-8-7-15-20(17,18)11-9-14-16(12(11)13)10-5-3-2-4-6-10/h9-10,15H,2-8,13H2,1H3. The van der Waals surface area contributed by atoms with Crippen molar-refractivity contribution in [1.29, 1.82) is 0 Å². The fourth-order valence-electron chi connectivity index (χ4n) is 2.54. The zero-order chi connectivity index (χ0) is 14.6. The molecule has 1 fully saturated rings. The molecule has 3 N–H and O–H groups in total. The molecule has 20 heavy (non-hydrogen) atoms. The highest BCUT2D eigenvalue weighted by atomic mass is 32.2. The van der Waals surface area contributed by atoms with Gasteiger partial charge < -0.3 is 10.5 Å². The summed E-state index contributed by atoms with van der Waals surface area (Å²) >= 11 is 0. The molecule has 1 aliphatic carbocycles. The second-order valence-corrected chi connectivity index (χ2v) is 6.76. The summed E-state index contributed by atoms with van der Waals surface area (Å²) < 4.78 is 33.2. The first kappa shape index (κ1) is 15.3. The molecule has 0 radical (unpaired) electrons. The van der Waals surface area contributed by atoms with E-state index in [-0.39, 0.29) is 23.3 Å². The van der Waals surface area contributed by atoms with Gasteiger partial charge in [-0.1, -0.05) is 19.3 Å². The van der Waals surface area contributed by atoms with Crippen molar-refractivity contribution in [3.63, 3.8) is 0 Å². The molecular formula is C12H22N4O3S. The highest BCUT2D eigenvalue weighted by Gasteiger charge is 2.25. The van der Waals surface area contributed by atoms with Crippen LogP contribution in [0.4, 0.5) is 5.82 Å². The van der Waals surface area contributed by atoms with Crippen LogP contribution in [0.1, 0.15) is 38.1 Å². The Bertz CT molecular complexity index is 535. The number of hydrogen-bond donors (Lipinski definition) is 2. The summed E-state index contributed by atoms with van der Waals surface area (Å²) in [5, 5.41) is 4.18. The summed E-state index contributed by atoms with van der Waals surface area (Å²) in [6.45, 7) is 0.531. The fourth-order valence-corrected chi connectivity index (χ4v) is 3.60. The van der Waals surface area contributed by atoms with Crippen LogP contribution in [0.5, 0.6) is 0 Å². The molecule has 7 nitrogen and oxygen atoms in total. The number of hydrogen-bond acceptors (Lipinski definition) is 5. The molecule has 1 aromatic rings. The van der Waals surface area contributed by atoms with Crippen molar-refractivity contribution in [3.05, 3.63) is 6.20 Å². The van der Waals surface area contributed by atoms with Crippen molar-refractivity contribution in [1.82, 2.24) is 14.5 Å². The van der Waals surface area contributed by atoms with E-state index in [0.717, 1.165) is 25.7 Å². The number of rotatable bonds is 6. The van der Waals surface area contributed by atoms with Gasteiger partial charge in [-0.05, 0) is 12.8 Å². The molecule has 2 rings (SSSR count). The molecule has 1 saturated carbocycles. The molecule has 0 amide bonds. The maximum absolute atomic E-state index is 12.1. The van der Waals surface area contributed by atoms with Crippen LogP contribution in [0.3, 0.4) is 0 Å². The highest BCUT2D eigenvalue weighted by molar-refractivity contribution is 7.89. The molecule has 0 spiro atoms. The Labute approximate surface area is 119 Å². The summed E-state index contributed by atoms with van der Waals surface area (Å²) in [7, 11) is -2.10. The molecular weight excluding hydrogens is 280 g/mol. The van der Waals surface area contributed by atoms with E-state index in [2.05, 4.69) is 9.82 Å². The predicted octanol–water partition coefficient (Wildman–Crippen LogP) is 0.895. The second-order valence-electron chi connectivity index (χ2n) is 5.02. The van der Waals surface area contributed by atoms with Crippen molar-refractivity contribution in [3.8, 4) is 0 Å². The van der Waals surface area contributed by atoms with E-state index in [9.17, 15) is 8.42 Å². The Morgan fingerprint density at radius 2 is 2.15 bits per heavy atom. The van der Waals surface area contributed by atoms with Crippen LogP contribution in [0.15, 0.2) is 11.1 Å². The van der Waals surface area contributed by atoms with Gasteiger partial charge in [-0.25, -0.2) is 17.8 Å². The van der Waals surface area contributed by atoms with Crippen LogP contribution < -0.4 is 10.5 Å². The van der Waals surface area contributed by atoms with Gasteiger partial charge in [-0.3, -0.25) is 0 Å². The lowest BCUT2D eigenvalue weighted by atomic mass is 9.96. The molecule has 0 aliphatic heterocycles. The van der Waals surface area contributed by atoms with E-state index in [4.69, 9.17) is 10.5 Å². The molecule has 8 heteroatoms. The fraction of sp³-hybridized carbons (Fsp3) is 0.750. The van der Waals surface area contributed by atoms with Gasteiger partial charge >= 0.3 is 0 Å². The van der Waals surface area contributed by atoms with E-state index in [0.29, 0.717) is 6.61 Å². The third-order valence-electron chi connectivity index (χ3n) is 3.61. The minimum absolute atomic E-state index is 0.0548. The third kappa shape index (κ3) is 3.31. The lowest BCUT2D eigenvalue weighted by Gasteiger charge is -2.22. The second kappa shape index (κ2) is 6.55. The van der Waals surface area contributed by atoms with Crippen LogP contribution in [0, 0.1) is 0 Å². The first-order valence-electron chi connectivity index (χ1n) is 6.88. The summed E-state index contributed by atoms with van der Waals surface area (Å²) in [6, 6.07) is 0.215. The van der Waals surface area contributed by atoms with Gasteiger partial charge in [0.05, 0.1) is 18.8 Å². The van der Waals surface area contributed by atoms with Crippen LogP contribution in [-0.2, 0) is 14.8 Å². The molecule has 0 aromatic carbocycles. The summed E-state index contributed by atoms with van der Waals surface area (Å²) in [6.07, 6.45) is 6.84. The van der Waals surface area contributed by atoms with Crippen LogP contribution in [-0.4, -0.2) is 38.5 Å². The van der Waals surface area contributed by atoms with Crippen LogP contribution >= 0.6 is 0 Å². The summed E-state index contributed by atoms with van der Waals surface area (Å²) in [4.78, 5) is 0.0548. The Kier molecular flexibility index (Phi) is 5.00. The summed E-state index contributed by atoms with van der Waals surface area (Å²) in [5.74, 6) is 0.224. The van der Waals surface area contributed by atoms with E-state index in [1.807, 2.05) is 0 Å². The molecule has 1 aliphatic rings. The number of aromatic nitrogens is 2. The quantitative estimate of drug-likeness (QED) is 0.760. The SMILES string of the molecule is COCCNS(=O)(=O)c1cnn(C2CCCCC2)c1N. The maximum Gasteiger partial charge on any atom is 0.245 e. The predicted molar refractivity (Wildman–Crippen MR) is 75.8 cm³/mol.